The molecule has 28 heavy (non-hydrogen) atoms. The van der Waals surface area contributed by atoms with Crippen LogP contribution in [0.5, 0.6) is 0 Å². The third-order valence-electron chi connectivity index (χ3n) is 5.95. The number of aromatic nitrogens is 1. The van der Waals surface area contributed by atoms with Gasteiger partial charge in [-0.05, 0) is 47.6 Å². The zero-order chi connectivity index (χ0) is 20.2. The van der Waals surface area contributed by atoms with Crippen LogP contribution in [0.25, 0.3) is 10.9 Å². The number of fused-ring (bicyclic) bond motifs is 1. The first-order valence-corrected chi connectivity index (χ1v) is 11.3. The lowest BCUT2D eigenvalue weighted by atomic mass is 9.87. The van der Waals surface area contributed by atoms with E-state index in [0.717, 1.165) is 18.4 Å². The molecule has 1 saturated carbocycles. The van der Waals surface area contributed by atoms with Crippen LogP contribution in [-0.4, -0.2) is 19.5 Å². The van der Waals surface area contributed by atoms with Crippen molar-refractivity contribution in [2.45, 2.75) is 49.3 Å². The maximum Gasteiger partial charge on any atom is 0.240 e. The second kappa shape index (κ2) is 6.46. The highest BCUT2D eigenvalue weighted by Gasteiger charge is 2.46. The highest BCUT2D eigenvalue weighted by atomic mass is 32.2. The minimum absolute atomic E-state index is 0.00214. The van der Waals surface area contributed by atoms with E-state index in [1.165, 1.54) is 16.5 Å². The Kier molecular flexibility index (Phi) is 4.43. The SMILES string of the molecule is Cn1cc(C2(CNS(=O)(=O)c3ccc(C(C)(C)C)cc3)CC2)c2ccccc21. The fraction of sp³-hybridized carbons (Fsp3) is 0.391. The molecule has 0 aliphatic heterocycles. The third-order valence-corrected chi connectivity index (χ3v) is 7.37. The summed E-state index contributed by atoms with van der Waals surface area (Å²) >= 11 is 0. The van der Waals surface area contributed by atoms with Crippen LogP contribution in [0.3, 0.4) is 0 Å². The van der Waals surface area contributed by atoms with Crippen molar-refractivity contribution in [1.82, 2.24) is 9.29 Å². The predicted octanol–water partition coefficient (Wildman–Crippen LogP) is 4.49. The fourth-order valence-corrected chi connectivity index (χ4v) is 5.03. The summed E-state index contributed by atoms with van der Waals surface area (Å²) in [6, 6.07) is 15.6. The van der Waals surface area contributed by atoms with E-state index in [0.29, 0.717) is 11.4 Å². The van der Waals surface area contributed by atoms with Crippen molar-refractivity contribution in [3.63, 3.8) is 0 Å². The lowest BCUT2D eigenvalue weighted by Crippen LogP contribution is -2.32. The molecule has 0 radical (unpaired) electrons. The minimum atomic E-state index is -3.53. The topological polar surface area (TPSA) is 51.1 Å². The predicted molar refractivity (Wildman–Crippen MR) is 114 cm³/mol. The molecule has 5 heteroatoms. The second-order valence-electron chi connectivity index (χ2n) is 9.05. The van der Waals surface area contributed by atoms with E-state index in [2.05, 4.69) is 48.4 Å². The molecule has 1 aliphatic rings. The third kappa shape index (κ3) is 3.38. The summed E-state index contributed by atoms with van der Waals surface area (Å²) in [6.07, 6.45) is 4.17. The van der Waals surface area contributed by atoms with Crippen molar-refractivity contribution in [1.29, 1.82) is 0 Å². The van der Waals surface area contributed by atoms with Crippen LogP contribution < -0.4 is 4.72 Å². The molecule has 0 spiro atoms. The van der Waals surface area contributed by atoms with Gasteiger partial charge in [0.1, 0.15) is 0 Å². The Morgan fingerprint density at radius 3 is 2.29 bits per heavy atom. The van der Waals surface area contributed by atoms with E-state index in [1.54, 1.807) is 12.1 Å². The molecule has 0 bridgehead atoms. The van der Waals surface area contributed by atoms with Crippen LogP contribution in [0.15, 0.2) is 59.6 Å². The Hall–Kier alpha value is -2.11. The van der Waals surface area contributed by atoms with Crippen LogP contribution in [0.4, 0.5) is 0 Å². The summed E-state index contributed by atoms with van der Waals surface area (Å²) in [6.45, 7) is 6.80. The second-order valence-corrected chi connectivity index (χ2v) is 10.8. The number of nitrogens with one attached hydrogen (secondary N) is 1. The number of sulfonamides is 1. The van der Waals surface area contributed by atoms with E-state index in [1.807, 2.05) is 31.3 Å². The lowest BCUT2D eigenvalue weighted by Gasteiger charge is -2.19. The Balaban J connectivity index is 1.56. The lowest BCUT2D eigenvalue weighted by molar-refractivity contribution is 0.566. The van der Waals surface area contributed by atoms with Crippen LogP contribution in [0, 0.1) is 0 Å². The van der Waals surface area contributed by atoms with E-state index in [-0.39, 0.29) is 10.8 Å². The number of nitrogens with zero attached hydrogens (tertiary/aromatic N) is 1. The molecule has 1 aromatic heterocycles. The highest BCUT2D eigenvalue weighted by Crippen LogP contribution is 2.50. The average molecular weight is 397 g/mol. The van der Waals surface area contributed by atoms with Gasteiger partial charge in [-0.3, -0.25) is 0 Å². The Labute approximate surface area is 167 Å². The standard InChI is InChI=1S/C23H28N2O2S/c1-22(2,3)17-9-11-18(12-10-17)28(26,27)24-16-23(13-14-23)20-15-25(4)21-8-6-5-7-19(20)21/h5-12,15,24H,13-14,16H2,1-4H3. The number of benzene rings is 2. The first-order valence-electron chi connectivity index (χ1n) is 9.77. The summed E-state index contributed by atoms with van der Waals surface area (Å²) in [5, 5.41) is 1.22. The molecule has 1 aliphatic carbocycles. The van der Waals surface area contributed by atoms with Gasteiger partial charge in [0.2, 0.25) is 10.0 Å². The zero-order valence-corrected chi connectivity index (χ0v) is 17.8. The molecule has 0 atom stereocenters. The van der Waals surface area contributed by atoms with Gasteiger partial charge < -0.3 is 4.57 Å². The van der Waals surface area contributed by atoms with E-state index >= 15 is 0 Å². The molecule has 4 nitrogen and oxygen atoms in total. The van der Waals surface area contributed by atoms with Gasteiger partial charge in [0.25, 0.3) is 0 Å². The first-order chi connectivity index (χ1) is 13.1. The quantitative estimate of drug-likeness (QED) is 0.691. The van der Waals surface area contributed by atoms with Gasteiger partial charge in [-0.15, -0.1) is 0 Å². The molecule has 1 N–H and O–H groups in total. The number of hydrogen-bond donors (Lipinski definition) is 1. The molecular formula is C23H28N2O2S. The summed E-state index contributed by atoms with van der Waals surface area (Å²) in [7, 11) is -1.48. The van der Waals surface area contributed by atoms with Crippen molar-refractivity contribution in [3.8, 4) is 0 Å². The smallest absolute Gasteiger partial charge is 0.240 e. The number of aryl methyl sites for hydroxylation is 1. The van der Waals surface area contributed by atoms with Crippen molar-refractivity contribution >= 4 is 20.9 Å². The van der Waals surface area contributed by atoms with Crippen LogP contribution in [0.1, 0.15) is 44.7 Å². The summed E-state index contributed by atoms with van der Waals surface area (Å²) < 4.78 is 30.7. The van der Waals surface area contributed by atoms with Gasteiger partial charge in [0.05, 0.1) is 4.90 Å². The molecule has 0 amide bonds. The fourth-order valence-electron chi connectivity index (χ4n) is 3.91. The molecule has 2 aromatic carbocycles. The number of para-hydroxylation sites is 1. The van der Waals surface area contributed by atoms with Crippen molar-refractivity contribution in [3.05, 3.63) is 65.9 Å². The molecule has 4 rings (SSSR count). The minimum Gasteiger partial charge on any atom is -0.350 e. The molecule has 0 unspecified atom stereocenters. The molecule has 3 aromatic rings. The van der Waals surface area contributed by atoms with Crippen LogP contribution >= 0.6 is 0 Å². The van der Waals surface area contributed by atoms with E-state index in [4.69, 9.17) is 0 Å². The molecule has 1 heterocycles. The summed E-state index contributed by atoms with van der Waals surface area (Å²) in [4.78, 5) is 0.328. The monoisotopic (exact) mass is 396 g/mol. The average Bonchev–Trinajstić information content (AvgIpc) is 3.38. The largest absolute Gasteiger partial charge is 0.350 e. The number of hydrogen-bond acceptors (Lipinski definition) is 2. The molecule has 0 saturated heterocycles. The maximum atomic E-state index is 12.9. The van der Waals surface area contributed by atoms with Crippen molar-refractivity contribution in [2.75, 3.05) is 6.54 Å². The Morgan fingerprint density at radius 2 is 1.68 bits per heavy atom. The molecule has 148 valence electrons. The zero-order valence-electron chi connectivity index (χ0n) is 17.0. The summed E-state index contributed by atoms with van der Waals surface area (Å²) in [5.41, 5.74) is 3.46. The van der Waals surface area contributed by atoms with Gasteiger partial charge >= 0.3 is 0 Å². The number of rotatable bonds is 5. The van der Waals surface area contributed by atoms with Gasteiger partial charge in [-0.2, -0.15) is 0 Å². The summed E-state index contributed by atoms with van der Waals surface area (Å²) in [5.74, 6) is 0. The Morgan fingerprint density at radius 1 is 1.04 bits per heavy atom. The van der Waals surface area contributed by atoms with Crippen molar-refractivity contribution in [2.24, 2.45) is 7.05 Å². The maximum absolute atomic E-state index is 12.9. The molecule has 1 fully saturated rings. The van der Waals surface area contributed by atoms with Crippen LogP contribution in [0.2, 0.25) is 0 Å². The van der Waals surface area contributed by atoms with E-state index in [9.17, 15) is 8.42 Å². The normalized spacial score (nSPS) is 16.4. The van der Waals surface area contributed by atoms with Crippen molar-refractivity contribution < 1.29 is 8.42 Å². The highest BCUT2D eigenvalue weighted by molar-refractivity contribution is 7.89. The molecular weight excluding hydrogens is 368 g/mol. The van der Waals surface area contributed by atoms with Crippen LogP contribution in [-0.2, 0) is 27.9 Å². The van der Waals surface area contributed by atoms with Gasteiger partial charge in [-0.1, -0.05) is 51.1 Å². The first kappa shape index (κ1) is 19.2. The van der Waals surface area contributed by atoms with Gasteiger partial charge in [0.15, 0.2) is 0 Å². The van der Waals surface area contributed by atoms with E-state index < -0.39 is 10.0 Å². The van der Waals surface area contributed by atoms with Gasteiger partial charge in [0, 0.05) is 36.1 Å². The Bertz CT molecular complexity index is 1120. The van der Waals surface area contributed by atoms with Gasteiger partial charge in [-0.25, -0.2) is 13.1 Å².